The molecule has 20 heavy (non-hydrogen) atoms. The van der Waals surface area contributed by atoms with Gasteiger partial charge in [-0.2, -0.15) is 0 Å². The molecule has 0 fully saturated rings. The zero-order chi connectivity index (χ0) is 14.1. The second-order valence-corrected chi connectivity index (χ2v) is 4.95. The lowest BCUT2D eigenvalue weighted by Gasteiger charge is -2.05. The maximum absolute atomic E-state index is 10.1. The van der Waals surface area contributed by atoms with Crippen molar-refractivity contribution in [3.05, 3.63) is 34.8 Å². The summed E-state index contributed by atoms with van der Waals surface area (Å²) in [5.74, 6) is 1.17. The van der Waals surface area contributed by atoms with Gasteiger partial charge in [0.05, 0.1) is 35.1 Å². The number of methoxy groups -OCH3 is 1. The Morgan fingerprint density at radius 1 is 1.40 bits per heavy atom. The van der Waals surface area contributed by atoms with Crippen LogP contribution in [0, 0.1) is 6.92 Å². The third-order valence-electron chi connectivity index (χ3n) is 3.00. The van der Waals surface area contributed by atoms with Gasteiger partial charge in [0.15, 0.2) is 5.76 Å². The predicted molar refractivity (Wildman–Crippen MR) is 78.1 cm³/mol. The minimum atomic E-state index is 0. The molecule has 5 nitrogen and oxygen atoms in total. The first kappa shape index (κ1) is 12.7. The minimum absolute atomic E-state index is 0. The molecule has 6 heteroatoms. The van der Waals surface area contributed by atoms with Crippen LogP contribution in [0.4, 0.5) is 0 Å². The molecule has 3 rings (SSSR count). The Hall–Kier alpha value is -2.34. The summed E-state index contributed by atoms with van der Waals surface area (Å²) in [6, 6.07) is 5.04. The molecule has 0 aliphatic rings. The van der Waals surface area contributed by atoms with E-state index in [4.69, 9.17) is 9.26 Å². The quantitative estimate of drug-likeness (QED) is 0.796. The fraction of sp³-hybridized carbons (Fsp3) is 0.143. The number of phenols is 1. The van der Waals surface area contributed by atoms with Gasteiger partial charge in [-0.15, -0.1) is 11.3 Å². The summed E-state index contributed by atoms with van der Waals surface area (Å²) < 4.78 is 10.5. The highest BCUT2D eigenvalue weighted by Crippen LogP contribution is 2.39. The maximum Gasteiger partial charge on any atom is 0.180 e. The number of thiazole rings is 1. The number of aromatic hydroxyl groups is 1. The fourth-order valence-corrected chi connectivity index (χ4v) is 2.56. The van der Waals surface area contributed by atoms with Crippen LogP contribution >= 0.6 is 11.3 Å². The van der Waals surface area contributed by atoms with E-state index in [1.165, 1.54) is 17.4 Å². The molecule has 0 amide bonds. The molecule has 0 spiro atoms. The zero-order valence-electron chi connectivity index (χ0n) is 11.0. The van der Waals surface area contributed by atoms with Gasteiger partial charge in [-0.1, -0.05) is 5.16 Å². The van der Waals surface area contributed by atoms with Gasteiger partial charge in [-0.3, -0.25) is 0 Å². The number of phenolic OH excluding ortho intramolecular Hbond substituents is 1. The van der Waals surface area contributed by atoms with Crippen molar-refractivity contribution in [2.45, 2.75) is 6.92 Å². The van der Waals surface area contributed by atoms with Crippen LogP contribution in [0.3, 0.4) is 0 Å². The molecule has 2 aromatic heterocycles. The summed E-state index contributed by atoms with van der Waals surface area (Å²) in [5, 5.41) is 16.0. The van der Waals surface area contributed by atoms with E-state index in [0.717, 1.165) is 17.0 Å². The number of aromatic nitrogens is 2. The van der Waals surface area contributed by atoms with Crippen molar-refractivity contribution in [1.82, 2.24) is 10.1 Å². The van der Waals surface area contributed by atoms with E-state index >= 15 is 0 Å². The molecule has 1 aromatic carbocycles. The number of hydrogen-bond donors (Lipinski definition) is 1. The number of aryl methyl sites for hydroxylation is 1. The molecule has 0 saturated carbocycles. The SMILES string of the molecule is COc1ccc(-c2onc(C)c2-c2cscn2)c(O)c1.[HH]. The molecule has 0 radical (unpaired) electrons. The van der Waals surface area contributed by atoms with Crippen LogP contribution < -0.4 is 4.74 Å². The largest absolute Gasteiger partial charge is 0.507 e. The molecule has 0 bridgehead atoms. The van der Waals surface area contributed by atoms with Gasteiger partial charge < -0.3 is 14.4 Å². The van der Waals surface area contributed by atoms with Crippen molar-refractivity contribution >= 4 is 11.3 Å². The molecule has 0 atom stereocenters. The van der Waals surface area contributed by atoms with E-state index < -0.39 is 0 Å². The van der Waals surface area contributed by atoms with Gasteiger partial charge >= 0.3 is 0 Å². The lowest BCUT2D eigenvalue weighted by Crippen LogP contribution is -1.86. The van der Waals surface area contributed by atoms with E-state index in [9.17, 15) is 5.11 Å². The summed E-state index contributed by atoms with van der Waals surface area (Å²) in [6.45, 7) is 1.85. The minimum Gasteiger partial charge on any atom is -0.507 e. The van der Waals surface area contributed by atoms with E-state index in [2.05, 4.69) is 10.1 Å². The lowest BCUT2D eigenvalue weighted by atomic mass is 10.0. The number of rotatable bonds is 3. The third kappa shape index (κ3) is 2.04. The molecule has 0 unspecified atom stereocenters. The predicted octanol–water partition coefficient (Wildman–Crippen LogP) is 3.73. The summed E-state index contributed by atoms with van der Waals surface area (Å²) >= 11 is 1.50. The molecule has 3 aromatic rings. The van der Waals surface area contributed by atoms with Crippen molar-refractivity contribution < 1.29 is 15.8 Å². The van der Waals surface area contributed by atoms with Crippen LogP contribution in [-0.2, 0) is 0 Å². The average Bonchev–Trinajstić information content (AvgIpc) is 3.07. The van der Waals surface area contributed by atoms with Crippen molar-refractivity contribution in [2.24, 2.45) is 0 Å². The Morgan fingerprint density at radius 2 is 2.25 bits per heavy atom. The van der Waals surface area contributed by atoms with Crippen LogP contribution in [0.25, 0.3) is 22.6 Å². The molecule has 1 N–H and O–H groups in total. The van der Waals surface area contributed by atoms with Crippen molar-refractivity contribution in [3.63, 3.8) is 0 Å². The van der Waals surface area contributed by atoms with Crippen LogP contribution in [0.1, 0.15) is 7.12 Å². The highest BCUT2D eigenvalue weighted by Gasteiger charge is 2.20. The van der Waals surface area contributed by atoms with Crippen LogP contribution in [0.15, 0.2) is 33.6 Å². The Bertz CT molecular complexity index is 741. The second-order valence-electron chi connectivity index (χ2n) is 4.23. The van der Waals surface area contributed by atoms with Crippen molar-refractivity contribution in [3.8, 4) is 34.1 Å². The third-order valence-corrected chi connectivity index (χ3v) is 3.59. The van der Waals surface area contributed by atoms with Gasteiger partial charge in [-0.05, 0) is 19.1 Å². The van der Waals surface area contributed by atoms with Gasteiger partial charge in [0, 0.05) is 12.9 Å². The zero-order valence-corrected chi connectivity index (χ0v) is 11.8. The smallest absolute Gasteiger partial charge is 0.180 e. The Labute approximate surface area is 120 Å². The summed E-state index contributed by atoms with van der Waals surface area (Å²) in [4.78, 5) is 4.28. The number of hydrogen-bond acceptors (Lipinski definition) is 6. The number of ether oxygens (including phenoxy) is 1. The topological polar surface area (TPSA) is 68.4 Å². The van der Waals surface area contributed by atoms with Gasteiger partial charge in [0.25, 0.3) is 0 Å². The lowest BCUT2D eigenvalue weighted by molar-refractivity contribution is 0.405. The Morgan fingerprint density at radius 3 is 2.90 bits per heavy atom. The maximum atomic E-state index is 10.1. The standard InChI is InChI=1S/C14H12N2O3S.H2/c1-8-13(11-6-20-7-15-11)14(19-16-8)10-4-3-9(18-2)5-12(10)17;/h3-7,17H,1-2H3;1H. The highest BCUT2D eigenvalue weighted by molar-refractivity contribution is 7.07. The van der Waals surface area contributed by atoms with Gasteiger partial charge in [-0.25, -0.2) is 4.98 Å². The first-order valence-electron chi connectivity index (χ1n) is 5.93. The van der Waals surface area contributed by atoms with Crippen LogP contribution in [-0.4, -0.2) is 22.4 Å². The summed E-state index contributed by atoms with van der Waals surface area (Å²) in [5.41, 5.74) is 4.64. The molecular weight excluding hydrogens is 276 g/mol. The monoisotopic (exact) mass is 290 g/mol. The van der Waals surface area contributed by atoms with Gasteiger partial charge in [0.2, 0.25) is 0 Å². The number of nitrogens with zero attached hydrogens (tertiary/aromatic N) is 2. The molecule has 104 valence electrons. The van der Waals surface area contributed by atoms with E-state index in [1.54, 1.807) is 24.8 Å². The van der Waals surface area contributed by atoms with E-state index in [-0.39, 0.29) is 7.18 Å². The van der Waals surface area contributed by atoms with E-state index in [0.29, 0.717) is 17.1 Å². The Kier molecular flexibility index (Phi) is 3.15. The summed E-state index contributed by atoms with van der Waals surface area (Å²) in [7, 11) is 1.55. The number of benzene rings is 1. The molecular formula is C14H14N2O3S. The molecule has 0 aliphatic carbocycles. The first-order valence-corrected chi connectivity index (χ1v) is 6.87. The summed E-state index contributed by atoms with van der Waals surface area (Å²) in [6.07, 6.45) is 0. The highest BCUT2D eigenvalue weighted by atomic mass is 32.1. The van der Waals surface area contributed by atoms with Crippen LogP contribution in [0.5, 0.6) is 11.5 Å². The molecule has 0 aliphatic heterocycles. The molecule has 2 heterocycles. The van der Waals surface area contributed by atoms with Crippen molar-refractivity contribution in [2.75, 3.05) is 7.11 Å². The van der Waals surface area contributed by atoms with Gasteiger partial charge in [0.1, 0.15) is 11.5 Å². The van der Waals surface area contributed by atoms with E-state index in [1.807, 2.05) is 12.3 Å². The Balaban J connectivity index is 0.00000161. The normalized spacial score (nSPS) is 10.7. The molecule has 0 saturated heterocycles. The average molecular weight is 290 g/mol. The second kappa shape index (κ2) is 4.97. The first-order chi connectivity index (χ1) is 9.70. The fourth-order valence-electron chi connectivity index (χ4n) is 2.02. The van der Waals surface area contributed by atoms with Crippen LogP contribution in [0.2, 0.25) is 0 Å². The van der Waals surface area contributed by atoms with Crippen molar-refractivity contribution in [1.29, 1.82) is 0 Å².